The first-order valence-electron chi connectivity index (χ1n) is 7.87. The molecule has 3 nitrogen and oxygen atoms in total. The molecule has 2 unspecified atom stereocenters. The predicted octanol–water partition coefficient (Wildman–Crippen LogP) is 4.02. The van der Waals surface area contributed by atoms with E-state index in [4.69, 9.17) is 0 Å². The Morgan fingerprint density at radius 3 is 2.26 bits per heavy atom. The van der Waals surface area contributed by atoms with E-state index in [-0.39, 0.29) is 17.8 Å². The second-order valence-electron chi connectivity index (χ2n) is 6.98. The van der Waals surface area contributed by atoms with Gasteiger partial charge in [0.15, 0.2) is 0 Å². The fourth-order valence-electron chi connectivity index (χ4n) is 3.32. The van der Waals surface area contributed by atoms with Gasteiger partial charge in [-0.2, -0.15) is 0 Å². The third-order valence-electron chi connectivity index (χ3n) is 4.41. The molecule has 0 saturated heterocycles. The van der Waals surface area contributed by atoms with Crippen molar-refractivity contribution < 1.29 is 13.2 Å². The summed E-state index contributed by atoms with van der Waals surface area (Å²) in [5.41, 5.74) is 0.320. The van der Waals surface area contributed by atoms with E-state index in [0.717, 1.165) is 0 Å². The molecule has 0 saturated carbocycles. The number of carbonyl (C=O) groups excluding carboxylic acids is 1. The lowest BCUT2D eigenvalue weighted by Gasteiger charge is -2.44. The van der Waals surface area contributed by atoms with E-state index in [0.29, 0.717) is 5.56 Å². The fraction of sp³-hybridized carbons (Fsp3) is 0.421. The number of allylic oxidation sites excluding steroid dienone is 3. The van der Waals surface area contributed by atoms with Gasteiger partial charge in [0, 0.05) is 12.3 Å². The summed E-state index contributed by atoms with van der Waals surface area (Å²) in [4.78, 5) is 12.3. The molecule has 1 aliphatic carbocycles. The molecule has 2 atom stereocenters. The molecule has 0 N–H and O–H groups in total. The third-order valence-corrected chi connectivity index (χ3v) is 6.81. The Bertz CT molecular complexity index is 737. The molecule has 0 radical (unpaired) electrons. The molecular weight excluding hydrogens is 308 g/mol. The second kappa shape index (κ2) is 6.08. The van der Waals surface area contributed by atoms with Crippen LogP contribution in [0.15, 0.2) is 54.6 Å². The maximum Gasteiger partial charge on any atom is 0.247 e. The molecular formula is C19H24O3S. The van der Waals surface area contributed by atoms with E-state index < -0.39 is 19.7 Å². The topological polar surface area (TPSA) is 51.2 Å². The van der Waals surface area contributed by atoms with Gasteiger partial charge in [-0.1, -0.05) is 82.3 Å². The summed E-state index contributed by atoms with van der Waals surface area (Å²) in [6.45, 7) is 7.60. The summed E-state index contributed by atoms with van der Waals surface area (Å²) < 4.78 is 25.2. The molecule has 23 heavy (non-hydrogen) atoms. The molecule has 0 amide bonds. The van der Waals surface area contributed by atoms with Gasteiger partial charge in [-0.3, -0.25) is 4.79 Å². The van der Waals surface area contributed by atoms with Gasteiger partial charge in [0.25, 0.3) is 0 Å². The second-order valence-corrected chi connectivity index (χ2v) is 9.11. The van der Waals surface area contributed by atoms with Crippen LogP contribution < -0.4 is 0 Å². The Labute approximate surface area is 139 Å². The first-order valence-corrected chi connectivity index (χ1v) is 9.35. The van der Waals surface area contributed by atoms with Crippen LogP contribution in [-0.2, 0) is 19.4 Å². The maximum absolute atomic E-state index is 13.3. The van der Waals surface area contributed by atoms with E-state index in [1.807, 2.05) is 51.1 Å². The van der Waals surface area contributed by atoms with Gasteiger partial charge in [0.05, 0.1) is 0 Å². The van der Waals surface area contributed by atoms with Gasteiger partial charge in [-0.15, -0.1) is 0 Å². The van der Waals surface area contributed by atoms with Crippen molar-refractivity contribution in [1.29, 1.82) is 0 Å². The number of sulfone groups is 1. The summed E-state index contributed by atoms with van der Waals surface area (Å²) in [5.74, 6) is -0.331. The van der Waals surface area contributed by atoms with E-state index in [1.165, 1.54) is 0 Å². The number of carbonyl (C=O) groups is 1. The number of rotatable bonds is 3. The van der Waals surface area contributed by atoms with Gasteiger partial charge in [-0.25, -0.2) is 8.42 Å². The van der Waals surface area contributed by atoms with Crippen molar-refractivity contribution in [3.63, 3.8) is 0 Å². The van der Waals surface area contributed by atoms with Crippen molar-refractivity contribution in [1.82, 2.24) is 0 Å². The lowest BCUT2D eigenvalue weighted by molar-refractivity contribution is -0.111. The highest BCUT2D eigenvalue weighted by Gasteiger charge is 2.55. The lowest BCUT2D eigenvalue weighted by Crippen LogP contribution is -2.49. The van der Waals surface area contributed by atoms with E-state index in [9.17, 15) is 13.2 Å². The Morgan fingerprint density at radius 1 is 1.13 bits per heavy atom. The molecule has 4 heteroatoms. The first-order chi connectivity index (χ1) is 10.7. The standard InChI is InChI=1S/C19H24O3S/c1-5-17(20)23(21,22)19(15-11-7-6-8-12-15)14-10-9-13-16(19)18(2,3)4/h6-14,16H,5H2,1-4H3. The largest absolute Gasteiger partial charge is 0.282 e. The SMILES string of the molecule is CCC(=O)S(=O)(=O)C1(c2ccccc2)C=CC=CC1C(C)(C)C. The zero-order chi connectivity index (χ0) is 17.3. The van der Waals surface area contributed by atoms with Gasteiger partial charge in [-0.05, 0) is 11.0 Å². The van der Waals surface area contributed by atoms with Gasteiger partial charge >= 0.3 is 0 Å². The average molecular weight is 332 g/mol. The summed E-state index contributed by atoms with van der Waals surface area (Å²) in [6, 6.07) is 9.06. The van der Waals surface area contributed by atoms with Crippen molar-refractivity contribution in [2.75, 3.05) is 0 Å². The fourth-order valence-corrected chi connectivity index (χ4v) is 5.54. The van der Waals surface area contributed by atoms with Crippen molar-refractivity contribution in [2.45, 2.75) is 38.9 Å². The molecule has 0 spiro atoms. The Hall–Kier alpha value is -1.68. The summed E-state index contributed by atoms with van der Waals surface area (Å²) in [6.07, 6.45) is 7.17. The molecule has 0 heterocycles. The van der Waals surface area contributed by atoms with Crippen molar-refractivity contribution in [3.05, 3.63) is 60.2 Å². The van der Waals surface area contributed by atoms with E-state index in [1.54, 1.807) is 31.2 Å². The number of hydrogen-bond acceptors (Lipinski definition) is 3. The van der Waals surface area contributed by atoms with Crippen LogP contribution in [0.5, 0.6) is 0 Å². The van der Waals surface area contributed by atoms with Crippen LogP contribution in [0.1, 0.15) is 39.7 Å². The van der Waals surface area contributed by atoms with Crippen LogP contribution in [0.25, 0.3) is 0 Å². The van der Waals surface area contributed by atoms with Crippen LogP contribution in [0.3, 0.4) is 0 Å². The quantitative estimate of drug-likeness (QED) is 0.840. The van der Waals surface area contributed by atoms with E-state index in [2.05, 4.69) is 0 Å². The maximum atomic E-state index is 13.3. The summed E-state index contributed by atoms with van der Waals surface area (Å²) in [5, 5.41) is -0.712. The van der Waals surface area contributed by atoms with Gasteiger partial charge in [0.2, 0.25) is 15.0 Å². The third kappa shape index (κ3) is 2.80. The summed E-state index contributed by atoms with van der Waals surface area (Å²) >= 11 is 0. The minimum atomic E-state index is -4.04. The highest BCUT2D eigenvalue weighted by molar-refractivity contribution is 8.07. The number of benzene rings is 1. The normalized spacial score (nSPS) is 24.6. The monoisotopic (exact) mass is 332 g/mol. The van der Waals surface area contributed by atoms with Crippen molar-refractivity contribution in [3.8, 4) is 0 Å². The predicted molar refractivity (Wildman–Crippen MR) is 93.6 cm³/mol. The molecule has 0 fully saturated rings. The lowest BCUT2D eigenvalue weighted by atomic mass is 9.68. The van der Waals surface area contributed by atoms with Gasteiger partial charge in [0.1, 0.15) is 4.75 Å². The summed E-state index contributed by atoms with van der Waals surface area (Å²) in [7, 11) is -4.04. The zero-order valence-electron chi connectivity index (χ0n) is 14.1. The molecule has 124 valence electrons. The smallest absolute Gasteiger partial charge is 0.247 e. The van der Waals surface area contributed by atoms with Crippen molar-refractivity contribution in [2.24, 2.45) is 11.3 Å². The first kappa shape index (κ1) is 17.7. The van der Waals surface area contributed by atoms with Crippen LogP contribution in [-0.4, -0.2) is 13.5 Å². The highest BCUT2D eigenvalue weighted by atomic mass is 32.2. The van der Waals surface area contributed by atoms with Gasteiger partial charge < -0.3 is 0 Å². The molecule has 1 aromatic rings. The van der Waals surface area contributed by atoms with Crippen molar-refractivity contribution >= 4 is 15.0 Å². The van der Waals surface area contributed by atoms with Crippen LogP contribution >= 0.6 is 0 Å². The highest BCUT2D eigenvalue weighted by Crippen LogP contribution is 2.50. The zero-order valence-corrected chi connectivity index (χ0v) is 14.9. The van der Waals surface area contributed by atoms with Crippen LogP contribution in [0.2, 0.25) is 0 Å². The Morgan fingerprint density at radius 2 is 1.74 bits per heavy atom. The molecule has 0 bridgehead atoms. The molecule has 1 aromatic carbocycles. The minimum absolute atomic E-state index is 0.0225. The van der Waals surface area contributed by atoms with Crippen LogP contribution in [0, 0.1) is 11.3 Å². The minimum Gasteiger partial charge on any atom is -0.282 e. The number of hydrogen-bond donors (Lipinski definition) is 0. The molecule has 1 aliphatic rings. The molecule has 2 rings (SSSR count). The Kier molecular flexibility index (Phi) is 4.67. The molecule has 0 aromatic heterocycles. The Balaban J connectivity index is 2.84. The molecule has 0 aliphatic heterocycles. The van der Waals surface area contributed by atoms with E-state index >= 15 is 0 Å². The average Bonchev–Trinajstić information content (AvgIpc) is 2.53. The van der Waals surface area contributed by atoms with Crippen LogP contribution in [0.4, 0.5) is 0 Å².